The molecule has 0 fully saturated rings. The first-order chi connectivity index (χ1) is 7.04. The van der Waals surface area contributed by atoms with Crippen molar-refractivity contribution in [1.82, 2.24) is 4.90 Å². The number of nitrogens with two attached hydrogens (primary N) is 1. The molecule has 2 N–H and O–H groups in total. The van der Waals surface area contributed by atoms with Gasteiger partial charge in [-0.2, -0.15) is 0 Å². The molecule has 0 spiro atoms. The summed E-state index contributed by atoms with van der Waals surface area (Å²) in [5, 5.41) is 0. The average Bonchev–Trinajstić information content (AvgIpc) is 2.59. The van der Waals surface area contributed by atoms with Crippen LogP contribution in [-0.4, -0.2) is 23.4 Å². The minimum absolute atomic E-state index is 0.0102. The second-order valence-corrected chi connectivity index (χ2v) is 5.20. The predicted octanol–water partition coefficient (Wildman–Crippen LogP) is 1.75. The van der Waals surface area contributed by atoms with Gasteiger partial charge in [-0.1, -0.05) is 0 Å². The molecule has 0 saturated carbocycles. The molecule has 3 nitrogen and oxygen atoms in total. The van der Waals surface area contributed by atoms with E-state index in [2.05, 4.69) is 19.1 Å². The van der Waals surface area contributed by atoms with Crippen LogP contribution < -0.4 is 5.73 Å². The Hall–Kier alpha value is -0.870. The van der Waals surface area contributed by atoms with E-state index in [-0.39, 0.29) is 18.5 Å². The molecule has 0 radical (unpaired) electrons. The predicted molar refractivity (Wildman–Crippen MR) is 63.8 cm³/mol. The third-order valence-corrected chi connectivity index (χ3v) is 3.23. The van der Waals surface area contributed by atoms with Crippen molar-refractivity contribution in [3.05, 3.63) is 21.9 Å². The molecule has 0 aliphatic heterocycles. The zero-order valence-electron chi connectivity index (χ0n) is 9.49. The standard InChI is InChI=1S/C11H18N2OS/c1-8(2)13(11(14)6-12)7-10-5-4-9(3)15-10/h4-5,8H,6-7,12H2,1-3H3. The Labute approximate surface area is 94.9 Å². The van der Waals surface area contributed by atoms with Crippen LogP contribution in [0.15, 0.2) is 12.1 Å². The smallest absolute Gasteiger partial charge is 0.236 e. The molecule has 4 heteroatoms. The van der Waals surface area contributed by atoms with Gasteiger partial charge in [0, 0.05) is 15.8 Å². The van der Waals surface area contributed by atoms with Crippen LogP contribution in [0.3, 0.4) is 0 Å². The normalized spacial score (nSPS) is 10.7. The number of carbonyl (C=O) groups excluding carboxylic acids is 1. The molecule has 1 rings (SSSR count). The molecule has 0 aliphatic rings. The minimum atomic E-state index is 0.0102. The molecule has 84 valence electrons. The van der Waals surface area contributed by atoms with Crippen LogP contribution in [0.25, 0.3) is 0 Å². The van der Waals surface area contributed by atoms with E-state index < -0.39 is 0 Å². The summed E-state index contributed by atoms with van der Waals surface area (Å²) in [6.45, 7) is 6.84. The van der Waals surface area contributed by atoms with Crippen LogP contribution >= 0.6 is 11.3 Å². The first-order valence-corrected chi connectivity index (χ1v) is 5.91. The third-order valence-electron chi connectivity index (χ3n) is 2.24. The number of hydrogen-bond acceptors (Lipinski definition) is 3. The summed E-state index contributed by atoms with van der Waals surface area (Å²) in [5.41, 5.74) is 5.38. The van der Waals surface area contributed by atoms with E-state index >= 15 is 0 Å². The highest BCUT2D eigenvalue weighted by atomic mass is 32.1. The fraction of sp³-hybridized carbons (Fsp3) is 0.545. The molecule has 0 bridgehead atoms. The number of rotatable bonds is 4. The number of carbonyl (C=O) groups is 1. The number of nitrogens with zero attached hydrogens (tertiary/aromatic N) is 1. The number of thiophene rings is 1. The van der Waals surface area contributed by atoms with Crippen molar-refractivity contribution < 1.29 is 4.79 Å². The summed E-state index contributed by atoms with van der Waals surface area (Å²) in [6, 6.07) is 4.34. The summed E-state index contributed by atoms with van der Waals surface area (Å²) >= 11 is 1.73. The van der Waals surface area contributed by atoms with E-state index in [1.165, 1.54) is 9.75 Å². The molecule has 0 aliphatic carbocycles. The van der Waals surface area contributed by atoms with Gasteiger partial charge in [-0.3, -0.25) is 4.79 Å². The first-order valence-electron chi connectivity index (χ1n) is 5.09. The van der Waals surface area contributed by atoms with Crippen molar-refractivity contribution in [1.29, 1.82) is 0 Å². The average molecular weight is 226 g/mol. The molecule has 0 atom stereocenters. The molecule has 0 unspecified atom stereocenters. The Bertz CT molecular complexity index is 333. The lowest BCUT2D eigenvalue weighted by atomic mass is 10.3. The van der Waals surface area contributed by atoms with Gasteiger partial charge in [0.25, 0.3) is 0 Å². The van der Waals surface area contributed by atoms with E-state index in [1.54, 1.807) is 11.3 Å². The van der Waals surface area contributed by atoms with Crippen LogP contribution in [-0.2, 0) is 11.3 Å². The first kappa shape index (κ1) is 12.2. The van der Waals surface area contributed by atoms with Crippen molar-refractivity contribution in [3.63, 3.8) is 0 Å². The van der Waals surface area contributed by atoms with Gasteiger partial charge in [0.2, 0.25) is 5.91 Å². The molecule has 0 saturated heterocycles. The largest absolute Gasteiger partial charge is 0.334 e. The number of aryl methyl sites for hydroxylation is 1. The van der Waals surface area contributed by atoms with E-state index in [9.17, 15) is 4.79 Å². The molecule has 15 heavy (non-hydrogen) atoms. The van der Waals surface area contributed by atoms with Crippen molar-refractivity contribution in [2.75, 3.05) is 6.54 Å². The highest BCUT2D eigenvalue weighted by Crippen LogP contribution is 2.18. The van der Waals surface area contributed by atoms with Crippen LogP contribution in [0.4, 0.5) is 0 Å². The lowest BCUT2D eigenvalue weighted by Crippen LogP contribution is -2.40. The summed E-state index contributed by atoms with van der Waals surface area (Å²) in [6.07, 6.45) is 0. The summed E-state index contributed by atoms with van der Waals surface area (Å²) < 4.78 is 0. The third kappa shape index (κ3) is 3.32. The molecule has 1 amide bonds. The molecular formula is C11H18N2OS. The van der Waals surface area contributed by atoms with Gasteiger partial charge >= 0.3 is 0 Å². The molecule has 1 heterocycles. The van der Waals surface area contributed by atoms with Gasteiger partial charge in [0.15, 0.2) is 0 Å². The van der Waals surface area contributed by atoms with Gasteiger partial charge in [-0.05, 0) is 32.9 Å². The lowest BCUT2D eigenvalue weighted by molar-refractivity contribution is -0.131. The maximum absolute atomic E-state index is 11.6. The van der Waals surface area contributed by atoms with Crippen LogP contribution in [0, 0.1) is 6.92 Å². The fourth-order valence-electron chi connectivity index (χ4n) is 1.41. The van der Waals surface area contributed by atoms with Crippen LogP contribution in [0.5, 0.6) is 0 Å². The summed E-state index contributed by atoms with van der Waals surface area (Å²) in [7, 11) is 0. The number of hydrogen-bond donors (Lipinski definition) is 1. The maximum atomic E-state index is 11.6. The van der Waals surface area contributed by atoms with Crippen molar-refractivity contribution in [2.45, 2.75) is 33.4 Å². The van der Waals surface area contributed by atoms with E-state index in [1.807, 2.05) is 18.7 Å². The van der Waals surface area contributed by atoms with Gasteiger partial charge < -0.3 is 10.6 Å². The minimum Gasteiger partial charge on any atom is -0.334 e. The van der Waals surface area contributed by atoms with E-state index in [0.717, 1.165) is 0 Å². The summed E-state index contributed by atoms with van der Waals surface area (Å²) in [5.74, 6) is 0.0102. The van der Waals surface area contributed by atoms with Crippen LogP contribution in [0.1, 0.15) is 23.6 Å². The summed E-state index contributed by atoms with van der Waals surface area (Å²) in [4.78, 5) is 15.9. The quantitative estimate of drug-likeness (QED) is 0.850. The van der Waals surface area contributed by atoms with Crippen molar-refractivity contribution >= 4 is 17.2 Å². The zero-order chi connectivity index (χ0) is 11.4. The van der Waals surface area contributed by atoms with Gasteiger partial charge in [0.1, 0.15) is 0 Å². The SMILES string of the molecule is Cc1ccc(CN(C(=O)CN)C(C)C)s1. The van der Waals surface area contributed by atoms with Crippen LogP contribution in [0.2, 0.25) is 0 Å². The lowest BCUT2D eigenvalue weighted by Gasteiger charge is -2.25. The Morgan fingerprint density at radius 1 is 1.53 bits per heavy atom. The topological polar surface area (TPSA) is 46.3 Å². The molecular weight excluding hydrogens is 208 g/mol. The fourth-order valence-corrected chi connectivity index (χ4v) is 2.30. The Morgan fingerprint density at radius 3 is 2.60 bits per heavy atom. The molecule has 1 aromatic heterocycles. The number of amides is 1. The maximum Gasteiger partial charge on any atom is 0.236 e. The Morgan fingerprint density at radius 2 is 2.20 bits per heavy atom. The zero-order valence-corrected chi connectivity index (χ0v) is 10.3. The van der Waals surface area contributed by atoms with E-state index in [0.29, 0.717) is 6.54 Å². The van der Waals surface area contributed by atoms with E-state index in [4.69, 9.17) is 5.73 Å². The second kappa shape index (κ2) is 5.28. The van der Waals surface area contributed by atoms with Gasteiger partial charge in [-0.15, -0.1) is 11.3 Å². The van der Waals surface area contributed by atoms with Gasteiger partial charge in [-0.25, -0.2) is 0 Å². The highest BCUT2D eigenvalue weighted by molar-refractivity contribution is 7.11. The van der Waals surface area contributed by atoms with Gasteiger partial charge in [0.05, 0.1) is 13.1 Å². The second-order valence-electron chi connectivity index (χ2n) is 3.83. The van der Waals surface area contributed by atoms with Crippen molar-refractivity contribution in [3.8, 4) is 0 Å². The van der Waals surface area contributed by atoms with Crippen molar-refractivity contribution in [2.24, 2.45) is 5.73 Å². The monoisotopic (exact) mass is 226 g/mol. The Kier molecular flexibility index (Phi) is 4.29. The molecule has 0 aromatic carbocycles. The molecule has 1 aromatic rings. The highest BCUT2D eigenvalue weighted by Gasteiger charge is 2.16. The Balaban J connectivity index is 2.71.